The molecule has 0 unspecified atom stereocenters. The van der Waals surface area contributed by atoms with Gasteiger partial charge in [-0.05, 0) is 12.1 Å². The van der Waals surface area contributed by atoms with Gasteiger partial charge in [0.2, 0.25) is 0 Å². The van der Waals surface area contributed by atoms with Crippen LogP contribution in [0.2, 0.25) is 5.15 Å². The van der Waals surface area contributed by atoms with Gasteiger partial charge in [0.15, 0.2) is 5.15 Å². The van der Waals surface area contributed by atoms with Gasteiger partial charge in [-0.3, -0.25) is 4.98 Å². The third kappa shape index (κ3) is 2.31. The van der Waals surface area contributed by atoms with E-state index in [1.807, 2.05) is 12.1 Å². The number of benzene rings is 1. The Morgan fingerprint density at radius 1 is 1.06 bits per heavy atom. The molecule has 0 amide bonds. The summed E-state index contributed by atoms with van der Waals surface area (Å²) < 4.78 is 10.4. The van der Waals surface area contributed by atoms with E-state index in [1.165, 1.54) is 0 Å². The second-order valence-electron chi connectivity index (χ2n) is 3.26. The maximum Gasteiger partial charge on any atom is 0.155 e. The summed E-state index contributed by atoms with van der Waals surface area (Å²) in [5, 5.41) is 0.343. The van der Waals surface area contributed by atoms with Crippen LogP contribution >= 0.6 is 11.6 Å². The van der Waals surface area contributed by atoms with Crippen molar-refractivity contribution in [3.05, 3.63) is 35.7 Å². The zero-order valence-corrected chi connectivity index (χ0v) is 10.2. The minimum absolute atomic E-state index is 0.343. The molecular weight excluding hydrogens is 240 g/mol. The number of aromatic nitrogens is 2. The summed E-state index contributed by atoms with van der Waals surface area (Å²) in [7, 11) is 3.19. The lowest BCUT2D eigenvalue weighted by molar-refractivity contribution is 0.395. The molecule has 0 aliphatic carbocycles. The molecule has 1 aromatic heterocycles. The zero-order chi connectivity index (χ0) is 12.3. The second-order valence-corrected chi connectivity index (χ2v) is 3.62. The molecule has 0 bridgehead atoms. The van der Waals surface area contributed by atoms with Gasteiger partial charge in [-0.2, -0.15) is 0 Å². The molecule has 1 aromatic carbocycles. The van der Waals surface area contributed by atoms with Crippen molar-refractivity contribution in [2.24, 2.45) is 0 Å². The van der Waals surface area contributed by atoms with Crippen LogP contribution in [0.5, 0.6) is 11.5 Å². The summed E-state index contributed by atoms with van der Waals surface area (Å²) in [4.78, 5) is 8.19. The largest absolute Gasteiger partial charge is 0.497 e. The van der Waals surface area contributed by atoms with Gasteiger partial charge >= 0.3 is 0 Å². The Labute approximate surface area is 104 Å². The zero-order valence-electron chi connectivity index (χ0n) is 9.48. The highest BCUT2D eigenvalue weighted by Gasteiger charge is 2.12. The molecule has 5 heteroatoms. The van der Waals surface area contributed by atoms with Gasteiger partial charge in [0.1, 0.15) is 17.2 Å². The van der Waals surface area contributed by atoms with E-state index in [9.17, 15) is 0 Å². The Morgan fingerprint density at radius 3 is 2.47 bits per heavy atom. The van der Waals surface area contributed by atoms with Crippen LogP contribution in [0.4, 0.5) is 0 Å². The Kier molecular flexibility index (Phi) is 3.44. The number of nitrogens with zero attached hydrogens (tertiary/aromatic N) is 2. The van der Waals surface area contributed by atoms with Gasteiger partial charge in [0.25, 0.3) is 0 Å². The molecular formula is C12H11ClN2O2. The van der Waals surface area contributed by atoms with Gasteiger partial charge in [0.05, 0.1) is 14.2 Å². The fourth-order valence-corrected chi connectivity index (χ4v) is 1.70. The Balaban J connectivity index is 2.56. The van der Waals surface area contributed by atoms with Crippen LogP contribution in [0.3, 0.4) is 0 Å². The summed E-state index contributed by atoms with van der Waals surface area (Å²) in [5.74, 6) is 1.36. The first-order chi connectivity index (χ1) is 8.26. The molecule has 0 saturated carbocycles. The molecule has 0 aliphatic heterocycles. The van der Waals surface area contributed by atoms with Crippen molar-refractivity contribution in [1.29, 1.82) is 0 Å². The van der Waals surface area contributed by atoms with Crippen LogP contribution in [0.1, 0.15) is 0 Å². The smallest absolute Gasteiger partial charge is 0.155 e. The summed E-state index contributed by atoms with van der Waals surface area (Å²) in [6, 6.07) is 5.44. The van der Waals surface area contributed by atoms with E-state index in [1.54, 1.807) is 32.7 Å². The van der Waals surface area contributed by atoms with Crippen molar-refractivity contribution in [1.82, 2.24) is 9.97 Å². The molecule has 0 saturated heterocycles. The summed E-state index contributed by atoms with van der Waals surface area (Å²) in [5.41, 5.74) is 1.38. The lowest BCUT2D eigenvalue weighted by atomic mass is 10.1. The van der Waals surface area contributed by atoms with Crippen molar-refractivity contribution >= 4 is 11.6 Å². The Hall–Kier alpha value is -1.81. The molecule has 0 fully saturated rings. The van der Waals surface area contributed by atoms with Crippen LogP contribution in [0, 0.1) is 0 Å². The van der Waals surface area contributed by atoms with Crippen molar-refractivity contribution in [3.8, 4) is 22.8 Å². The molecule has 2 aromatic rings. The predicted molar refractivity (Wildman–Crippen MR) is 65.6 cm³/mol. The maximum atomic E-state index is 6.00. The number of methoxy groups -OCH3 is 2. The van der Waals surface area contributed by atoms with Crippen molar-refractivity contribution in [2.75, 3.05) is 14.2 Å². The number of rotatable bonds is 3. The normalized spacial score (nSPS) is 10.1. The van der Waals surface area contributed by atoms with Crippen LogP contribution in [0.25, 0.3) is 11.3 Å². The third-order valence-electron chi connectivity index (χ3n) is 2.32. The Morgan fingerprint density at radius 2 is 1.82 bits per heavy atom. The van der Waals surface area contributed by atoms with Crippen molar-refractivity contribution in [2.45, 2.75) is 0 Å². The summed E-state index contributed by atoms with van der Waals surface area (Å²) in [6.45, 7) is 0. The van der Waals surface area contributed by atoms with Gasteiger partial charge in [0, 0.05) is 24.0 Å². The number of ether oxygens (including phenoxy) is 2. The molecule has 88 valence electrons. The van der Waals surface area contributed by atoms with Gasteiger partial charge in [-0.1, -0.05) is 11.6 Å². The van der Waals surface area contributed by atoms with E-state index in [4.69, 9.17) is 21.1 Å². The monoisotopic (exact) mass is 250 g/mol. The lowest BCUT2D eigenvalue weighted by Crippen LogP contribution is -1.93. The van der Waals surface area contributed by atoms with E-state index in [0.717, 1.165) is 5.56 Å². The van der Waals surface area contributed by atoms with Crippen LogP contribution in [0.15, 0.2) is 30.6 Å². The van der Waals surface area contributed by atoms with E-state index in [2.05, 4.69) is 9.97 Å². The van der Waals surface area contributed by atoms with Crippen LogP contribution < -0.4 is 9.47 Å². The number of halogens is 1. The van der Waals surface area contributed by atoms with Crippen LogP contribution in [-0.4, -0.2) is 24.2 Å². The quantitative estimate of drug-likeness (QED) is 0.840. The maximum absolute atomic E-state index is 6.00. The molecule has 4 nitrogen and oxygen atoms in total. The molecule has 1 heterocycles. The van der Waals surface area contributed by atoms with E-state index >= 15 is 0 Å². The molecule has 0 atom stereocenters. The average Bonchev–Trinajstić information content (AvgIpc) is 2.38. The highest BCUT2D eigenvalue weighted by Crippen LogP contribution is 2.34. The molecule has 0 spiro atoms. The standard InChI is InChI=1S/C12H11ClN2O2/c1-16-8-3-4-9(10(7-8)17-2)11-12(13)15-6-5-14-11/h3-7H,1-2H3. The first-order valence-corrected chi connectivity index (χ1v) is 5.33. The van der Waals surface area contributed by atoms with Gasteiger partial charge in [-0.25, -0.2) is 4.98 Å². The van der Waals surface area contributed by atoms with Crippen molar-refractivity contribution in [3.63, 3.8) is 0 Å². The minimum atomic E-state index is 0.343. The lowest BCUT2D eigenvalue weighted by Gasteiger charge is -2.10. The SMILES string of the molecule is COc1ccc(-c2nccnc2Cl)c(OC)c1. The van der Waals surface area contributed by atoms with Gasteiger partial charge in [-0.15, -0.1) is 0 Å². The highest BCUT2D eigenvalue weighted by molar-refractivity contribution is 6.31. The number of hydrogen-bond donors (Lipinski definition) is 0. The summed E-state index contributed by atoms with van der Waals surface area (Å²) >= 11 is 6.00. The molecule has 0 radical (unpaired) electrons. The minimum Gasteiger partial charge on any atom is -0.497 e. The number of hydrogen-bond acceptors (Lipinski definition) is 4. The topological polar surface area (TPSA) is 44.2 Å². The molecule has 0 aliphatic rings. The van der Waals surface area contributed by atoms with Crippen LogP contribution in [-0.2, 0) is 0 Å². The Bertz CT molecular complexity index is 532. The van der Waals surface area contributed by atoms with E-state index < -0.39 is 0 Å². The fourth-order valence-electron chi connectivity index (χ4n) is 1.50. The molecule has 0 N–H and O–H groups in total. The average molecular weight is 251 g/mol. The molecule has 2 rings (SSSR count). The highest BCUT2D eigenvalue weighted by atomic mass is 35.5. The van der Waals surface area contributed by atoms with E-state index in [-0.39, 0.29) is 0 Å². The second kappa shape index (κ2) is 5.01. The fraction of sp³-hybridized carbons (Fsp3) is 0.167. The first-order valence-electron chi connectivity index (χ1n) is 4.95. The third-order valence-corrected chi connectivity index (χ3v) is 2.59. The van der Waals surface area contributed by atoms with Gasteiger partial charge < -0.3 is 9.47 Å². The van der Waals surface area contributed by atoms with E-state index in [0.29, 0.717) is 22.3 Å². The summed E-state index contributed by atoms with van der Waals surface area (Å²) in [6.07, 6.45) is 3.13. The first kappa shape index (κ1) is 11.7. The van der Waals surface area contributed by atoms with Crippen molar-refractivity contribution < 1.29 is 9.47 Å². The molecule has 17 heavy (non-hydrogen) atoms. The predicted octanol–water partition coefficient (Wildman–Crippen LogP) is 2.81.